The molecule has 0 bridgehead atoms. The van der Waals surface area contributed by atoms with Crippen LogP contribution in [0.2, 0.25) is 0 Å². The van der Waals surface area contributed by atoms with Crippen molar-refractivity contribution in [3.8, 4) is 11.3 Å². The summed E-state index contributed by atoms with van der Waals surface area (Å²) in [6.45, 7) is 8.08. The van der Waals surface area contributed by atoms with Crippen LogP contribution in [0.4, 0.5) is 5.95 Å². The van der Waals surface area contributed by atoms with Crippen LogP contribution in [0.25, 0.3) is 11.3 Å². The predicted molar refractivity (Wildman–Crippen MR) is 103 cm³/mol. The van der Waals surface area contributed by atoms with Crippen LogP contribution in [0.1, 0.15) is 36.8 Å². The van der Waals surface area contributed by atoms with Gasteiger partial charge in [0.05, 0.1) is 11.9 Å². The van der Waals surface area contributed by atoms with Gasteiger partial charge in [0.2, 0.25) is 11.9 Å². The van der Waals surface area contributed by atoms with E-state index in [-0.39, 0.29) is 11.9 Å². The smallest absolute Gasteiger partial charge is 0.249 e. The molecule has 26 heavy (non-hydrogen) atoms. The van der Waals surface area contributed by atoms with E-state index in [0.29, 0.717) is 5.95 Å². The first-order valence-corrected chi connectivity index (χ1v) is 8.84. The number of imidazole rings is 2. The van der Waals surface area contributed by atoms with E-state index in [9.17, 15) is 4.79 Å². The van der Waals surface area contributed by atoms with E-state index in [1.54, 1.807) is 12.4 Å². The van der Waals surface area contributed by atoms with Crippen molar-refractivity contribution >= 4 is 11.9 Å². The van der Waals surface area contributed by atoms with E-state index in [1.165, 1.54) is 11.1 Å². The molecule has 0 saturated carbocycles. The minimum Gasteiger partial charge on any atom is -0.323 e. The van der Waals surface area contributed by atoms with Crippen molar-refractivity contribution in [2.24, 2.45) is 7.05 Å². The monoisotopic (exact) mass is 351 g/mol. The van der Waals surface area contributed by atoms with Crippen LogP contribution in [0.3, 0.4) is 0 Å². The Morgan fingerprint density at radius 3 is 2.69 bits per heavy atom. The Balaban J connectivity index is 1.82. The minimum atomic E-state index is -0.353. The highest BCUT2D eigenvalue weighted by Crippen LogP contribution is 2.24. The molecule has 0 spiro atoms. The number of carbonyl (C=O) groups is 1. The van der Waals surface area contributed by atoms with Crippen molar-refractivity contribution in [3.63, 3.8) is 0 Å². The first-order valence-electron chi connectivity index (χ1n) is 8.84. The van der Waals surface area contributed by atoms with Crippen LogP contribution in [0.15, 0.2) is 36.8 Å². The van der Waals surface area contributed by atoms with Gasteiger partial charge in [-0.3, -0.25) is 10.1 Å². The lowest BCUT2D eigenvalue weighted by molar-refractivity contribution is -0.118. The summed E-state index contributed by atoms with van der Waals surface area (Å²) < 4.78 is 3.80. The van der Waals surface area contributed by atoms with Crippen molar-refractivity contribution < 1.29 is 4.79 Å². The van der Waals surface area contributed by atoms with Crippen molar-refractivity contribution in [1.82, 2.24) is 19.1 Å². The Kier molecular flexibility index (Phi) is 4.93. The number of benzene rings is 1. The highest BCUT2D eigenvalue weighted by Gasteiger charge is 2.19. The van der Waals surface area contributed by atoms with E-state index in [1.807, 2.05) is 36.2 Å². The van der Waals surface area contributed by atoms with Gasteiger partial charge in [-0.2, -0.15) is 0 Å². The number of anilines is 1. The number of nitrogens with zero attached hydrogens (tertiary/aromatic N) is 4. The predicted octanol–water partition coefficient (Wildman–Crippen LogP) is 3.66. The molecule has 136 valence electrons. The van der Waals surface area contributed by atoms with Crippen molar-refractivity contribution in [2.45, 2.75) is 40.2 Å². The van der Waals surface area contributed by atoms with Crippen molar-refractivity contribution in [1.29, 1.82) is 0 Å². The summed E-state index contributed by atoms with van der Waals surface area (Å²) in [5.41, 5.74) is 4.54. The van der Waals surface area contributed by atoms with E-state index in [2.05, 4.69) is 47.3 Å². The van der Waals surface area contributed by atoms with E-state index in [0.717, 1.165) is 23.5 Å². The molecule has 0 aliphatic heterocycles. The topological polar surface area (TPSA) is 64.7 Å². The van der Waals surface area contributed by atoms with Crippen molar-refractivity contribution in [3.05, 3.63) is 53.7 Å². The van der Waals surface area contributed by atoms with E-state index < -0.39 is 0 Å². The van der Waals surface area contributed by atoms with Gasteiger partial charge >= 0.3 is 0 Å². The van der Waals surface area contributed by atoms with Crippen LogP contribution >= 0.6 is 0 Å². The van der Waals surface area contributed by atoms with Crippen molar-refractivity contribution in [2.75, 3.05) is 5.32 Å². The quantitative estimate of drug-likeness (QED) is 0.763. The van der Waals surface area contributed by atoms with Gasteiger partial charge < -0.3 is 9.13 Å². The number of amides is 1. The summed E-state index contributed by atoms with van der Waals surface area (Å²) in [5.74, 6) is 1.31. The third-order valence-electron chi connectivity index (χ3n) is 4.89. The molecule has 6 nitrogen and oxygen atoms in total. The number of aromatic nitrogens is 4. The number of carbonyl (C=O) groups excluding carboxylic acids is 1. The lowest BCUT2D eigenvalue weighted by Gasteiger charge is -2.16. The fourth-order valence-electron chi connectivity index (χ4n) is 3.01. The fraction of sp³-hybridized carbons (Fsp3) is 0.350. The first-order chi connectivity index (χ1) is 12.4. The molecule has 0 aliphatic rings. The summed E-state index contributed by atoms with van der Waals surface area (Å²) in [6, 6.07) is 5.96. The molecule has 0 saturated heterocycles. The molecule has 1 amide bonds. The van der Waals surface area contributed by atoms with Gasteiger partial charge in [-0.05, 0) is 38.0 Å². The highest BCUT2D eigenvalue weighted by atomic mass is 16.2. The zero-order valence-corrected chi connectivity index (χ0v) is 15.9. The zero-order valence-electron chi connectivity index (χ0n) is 15.9. The molecule has 6 heteroatoms. The summed E-state index contributed by atoms with van der Waals surface area (Å²) >= 11 is 0. The second kappa shape index (κ2) is 7.15. The molecule has 3 aromatic rings. The Hall–Kier alpha value is -2.89. The normalized spacial score (nSPS) is 12.2. The van der Waals surface area contributed by atoms with Gasteiger partial charge in [0.15, 0.2) is 0 Å². The summed E-state index contributed by atoms with van der Waals surface area (Å²) in [4.78, 5) is 21.3. The molecular weight excluding hydrogens is 326 g/mol. The van der Waals surface area contributed by atoms with Crippen LogP contribution in [0.5, 0.6) is 0 Å². The molecule has 1 N–H and O–H groups in total. The van der Waals surface area contributed by atoms with Crippen LogP contribution in [-0.4, -0.2) is 25.0 Å². The zero-order chi connectivity index (χ0) is 18.8. The molecule has 2 aromatic heterocycles. The molecular formula is C20H25N5O. The van der Waals surface area contributed by atoms with Gasteiger partial charge in [0.1, 0.15) is 11.9 Å². The standard InChI is InChI=1S/C20H25N5O/c1-6-18-21-9-10-25(18)15(4)19(26)23-20-22-12-17(24(20)5)16-8-7-13(2)14(3)11-16/h7-12,15H,6H2,1-5H3,(H,22,23,26)/t15-/m1/s1. The summed E-state index contributed by atoms with van der Waals surface area (Å²) in [5, 5.41) is 2.93. The van der Waals surface area contributed by atoms with Gasteiger partial charge in [-0.15, -0.1) is 0 Å². The van der Waals surface area contributed by atoms with Gasteiger partial charge in [0.25, 0.3) is 0 Å². The highest BCUT2D eigenvalue weighted by molar-refractivity contribution is 5.92. The number of nitrogens with one attached hydrogen (secondary N) is 1. The van der Waals surface area contributed by atoms with Gasteiger partial charge in [0, 0.05) is 31.4 Å². The maximum Gasteiger partial charge on any atom is 0.249 e. The molecule has 0 radical (unpaired) electrons. The lowest BCUT2D eigenvalue weighted by atomic mass is 10.0. The minimum absolute atomic E-state index is 0.113. The van der Waals surface area contributed by atoms with Gasteiger partial charge in [-0.25, -0.2) is 9.97 Å². The molecule has 3 rings (SSSR count). The molecule has 0 aliphatic carbocycles. The maximum absolute atomic E-state index is 12.7. The van der Waals surface area contributed by atoms with Crippen LogP contribution in [-0.2, 0) is 18.3 Å². The average molecular weight is 351 g/mol. The second-order valence-electron chi connectivity index (χ2n) is 6.59. The summed E-state index contributed by atoms with van der Waals surface area (Å²) in [6.07, 6.45) is 6.13. The largest absolute Gasteiger partial charge is 0.323 e. The number of rotatable bonds is 5. The van der Waals surface area contributed by atoms with Crippen LogP contribution < -0.4 is 5.32 Å². The summed E-state index contributed by atoms with van der Waals surface area (Å²) in [7, 11) is 1.91. The Bertz CT molecular complexity index is 938. The molecule has 0 fully saturated rings. The van der Waals surface area contributed by atoms with E-state index >= 15 is 0 Å². The third-order valence-corrected chi connectivity index (χ3v) is 4.89. The van der Waals surface area contributed by atoms with Crippen LogP contribution in [0, 0.1) is 13.8 Å². The molecule has 2 heterocycles. The maximum atomic E-state index is 12.7. The number of hydrogen-bond acceptors (Lipinski definition) is 3. The SMILES string of the molecule is CCc1nccn1[C@H](C)C(=O)Nc1ncc(-c2ccc(C)c(C)c2)n1C. The molecule has 1 aromatic carbocycles. The lowest BCUT2D eigenvalue weighted by Crippen LogP contribution is -2.25. The fourth-order valence-corrected chi connectivity index (χ4v) is 3.01. The van der Waals surface area contributed by atoms with E-state index in [4.69, 9.17) is 0 Å². The Morgan fingerprint density at radius 1 is 1.23 bits per heavy atom. The third kappa shape index (κ3) is 3.27. The Morgan fingerprint density at radius 2 is 2.00 bits per heavy atom. The molecule has 0 unspecified atom stereocenters. The Labute approximate surface area is 153 Å². The average Bonchev–Trinajstić information content (AvgIpc) is 3.24. The number of hydrogen-bond donors (Lipinski definition) is 1. The molecule has 1 atom stereocenters. The van der Waals surface area contributed by atoms with Gasteiger partial charge in [-0.1, -0.05) is 19.1 Å². The number of aryl methyl sites for hydroxylation is 3. The second-order valence-corrected chi connectivity index (χ2v) is 6.59. The first kappa shape index (κ1) is 17.9.